The van der Waals surface area contributed by atoms with E-state index in [1.54, 1.807) is 42.7 Å². The number of amides is 1. The van der Waals surface area contributed by atoms with Crippen molar-refractivity contribution >= 4 is 39.7 Å². The second-order valence-corrected chi connectivity index (χ2v) is 7.26. The predicted octanol–water partition coefficient (Wildman–Crippen LogP) is 5.07. The lowest BCUT2D eigenvalue weighted by Crippen LogP contribution is -2.22. The van der Waals surface area contributed by atoms with Crippen LogP contribution in [0.4, 0.5) is 0 Å². The fourth-order valence-electron chi connectivity index (χ4n) is 2.51. The number of carbonyl (C=O) groups excluding carboxylic acids is 1. The molecule has 7 heteroatoms. The van der Waals surface area contributed by atoms with E-state index in [2.05, 4.69) is 15.3 Å². The molecule has 0 radical (unpaired) electrons. The maximum Gasteiger partial charge on any atom is 0.278 e. The van der Waals surface area contributed by atoms with Gasteiger partial charge in [-0.2, -0.15) is 0 Å². The number of nitrogens with one attached hydrogen (secondary N) is 1. The quantitative estimate of drug-likeness (QED) is 0.512. The molecule has 0 saturated carbocycles. The first-order chi connectivity index (χ1) is 13.2. The molecule has 2 aromatic heterocycles. The van der Waals surface area contributed by atoms with Gasteiger partial charge in [-0.05, 0) is 48.5 Å². The molecule has 0 aliphatic rings. The van der Waals surface area contributed by atoms with Crippen LogP contribution in [0, 0.1) is 0 Å². The van der Waals surface area contributed by atoms with Gasteiger partial charge in [-0.1, -0.05) is 29.0 Å². The summed E-state index contributed by atoms with van der Waals surface area (Å²) in [7, 11) is 0. The van der Waals surface area contributed by atoms with Gasteiger partial charge >= 0.3 is 0 Å². The van der Waals surface area contributed by atoms with Crippen molar-refractivity contribution in [2.75, 3.05) is 0 Å². The van der Waals surface area contributed by atoms with Gasteiger partial charge in [-0.15, -0.1) is 0 Å². The van der Waals surface area contributed by atoms with E-state index >= 15 is 0 Å². The SMILES string of the molecule is O=C(NCc1cnc(Oc2ccc(Cl)cc2)s1)c1ccc2ncccc2c1. The molecular formula is C20H14ClN3O2S. The Morgan fingerprint density at radius 3 is 2.81 bits per heavy atom. The van der Waals surface area contributed by atoms with Crippen LogP contribution in [-0.2, 0) is 6.54 Å². The Balaban J connectivity index is 1.38. The normalized spacial score (nSPS) is 10.7. The largest absolute Gasteiger partial charge is 0.431 e. The number of aromatic nitrogens is 2. The Morgan fingerprint density at radius 1 is 1.11 bits per heavy atom. The highest BCUT2D eigenvalue weighted by molar-refractivity contribution is 7.13. The van der Waals surface area contributed by atoms with Crippen molar-refractivity contribution in [3.05, 3.63) is 82.5 Å². The van der Waals surface area contributed by atoms with Crippen LogP contribution < -0.4 is 10.1 Å². The first kappa shape index (κ1) is 17.5. The Hall–Kier alpha value is -2.96. The van der Waals surface area contributed by atoms with Crippen molar-refractivity contribution < 1.29 is 9.53 Å². The number of thiazole rings is 1. The molecule has 2 heterocycles. The third-order valence-corrected chi connectivity index (χ3v) is 4.97. The van der Waals surface area contributed by atoms with Crippen molar-refractivity contribution in [3.63, 3.8) is 0 Å². The lowest BCUT2D eigenvalue weighted by atomic mass is 10.1. The molecule has 0 unspecified atom stereocenters. The second-order valence-electron chi connectivity index (χ2n) is 5.74. The fraction of sp³-hybridized carbons (Fsp3) is 0.0500. The van der Waals surface area contributed by atoms with Crippen molar-refractivity contribution in [3.8, 4) is 10.9 Å². The summed E-state index contributed by atoms with van der Waals surface area (Å²) >= 11 is 7.24. The van der Waals surface area contributed by atoms with Crippen molar-refractivity contribution in [1.29, 1.82) is 0 Å². The maximum absolute atomic E-state index is 12.4. The smallest absolute Gasteiger partial charge is 0.278 e. The summed E-state index contributed by atoms with van der Waals surface area (Å²) in [5.74, 6) is 0.517. The molecule has 0 atom stereocenters. The van der Waals surface area contributed by atoms with Crippen LogP contribution in [0.1, 0.15) is 15.2 Å². The Labute approximate surface area is 164 Å². The second kappa shape index (κ2) is 7.73. The third-order valence-electron chi connectivity index (χ3n) is 3.84. The van der Waals surface area contributed by atoms with E-state index in [4.69, 9.17) is 16.3 Å². The zero-order valence-corrected chi connectivity index (χ0v) is 15.6. The molecular weight excluding hydrogens is 382 g/mol. The summed E-state index contributed by atoms with van der Waals surface area (Å²) in [6, 6.07) is 16.3. The zero-order chi connectivity index (χ0) is 18.6. The number of carbonyl (C=O) groups is 1. The number of hydrogen-bond acceptors (Lipinski definition) is 5. The number of pyridine rings is 1. The predicted molar refractivity (Wildman–Crippen MR) is 107 cm³/mol. The molecule has 134 valence electrons. The zero-order valence-electron chi connectivity index (χ0n) is 14.1. The number of halogens is 1. The highest BCUT2D eigenvalue weighted by atomic mass is 35.5. The molecule has 2 aromatic carbocycles. The summed E-state index contributed by atoms with van der Waals surface area (Å²) in [5, 5.41) is 4.99. The van der Waals surface area contributed by atoms with E-state index < -0.39 is 0 Å². The monoisotopic (exact) mass is 395 g/mol. The number of rotatable bonds is 5. The first-order valence-corrected chi connectivity index (χ1v) is 9.38. The summed E-state index contributed by atoms with van der Waals surface area (Å²) in [6.45, 7) is 0.381. The van der Waals surface area contributed by atoms with Crippen LogP contribution in [0.15, 0.2) is 67.0 Å². The van der Waals surface area contributed by atoms with Crippen LogP contribution in [0.5, 0.6) is 10.9 Å². The number of benzene rings is 2. The Kier molecular flexibility index (Phi) is 5.00. The van der Waals surface area contributed by atoms with Crippen molar-refractivity contribution in [2.24, 2.45) is 0 Å². The average molecular weight is 396 g/mol. The van der Waals surface area contributed by atoms with Gasteiger partial charge in [-0.25, -0.2) is 4.98 Å². The van der Waals surface area contributed by atoms with Crippen LogP contribution in [0.25, 0.3) is 10.9 Å². The summed E-state index contributed by atoms with van der Waals surface area (Å²) in [6.07, 6.45) is 3.43. The van der Waals surface area contributed by atoms with E-state index in [0.29, 0.717) is 28.1 Å². The van der Waals surface area contributed by atoms with Crippen LogP contribution in [0.3, 0.4) is 0 Å². The third kappa shape index (κ3) is 4.24. The van der Waals surface area contributed by atoms with Crippen molar-refractivity contribution in [2.45, 2.75) is 6.54 Å². The van der Waals surface area contributed by atoms with Crippen molar-refractivity contribution in [1.82, 2.24) is 15.3 Å². The van der Waals surface area contributed by atoms with Crippen LogP contribution in [-0.4, -0.2) is 15.9 Å². The average Bonchev–Trinajstić information content (AvgIpc) is 3.15. The molecule has 0 aliphatic heterocycles. The van der Waals surface area contributed by atoms with Gasteiger partial charge in [-0.3, -0.25) is 9.78 Å². The molecule has 4 aromatic rings. The van der Waals surface area contributed by atoms with Crippen LogP contribution in [0.2, 0.25) is 5.02 Å². The minimum absolute atomic E-state index is 0.144. The van der Waals surface area contributed by atoms with Gasteiger partial charge < -0.3 is 10.1 Å². The summed E-state index contributed by atoms with van der Waals surface area (Å²) in [4.78, 5) is 21.8. The van der Waals surface area contributed by atoms with E-state index in [1.165, 1.54) is 11.3 Å². The summed E-state index contributed by atoms with van der Waals surface area (Å²) < 4.78 is 5.68. The molecule has 0 spiro atoms. The Morgan fingerprint density at radius 2 is 1.96 bits per heavy atom. The van der Waals surface area contributed by atoms with Gasteiger partial charge in [0.25, 0.3) is 11.1 Å². The van der Waals surface area contributed by atoms with E-state index in [1.807, 2.05) is 24.3 Å². The molecule has 0 saturated heterocycles. The lowest BCUT2D eigenvalue weighted by Gasteiger charge is -2.05. The number of hydrogen-bond donors (Lipinski definition) is 1. The van der Waals surface area contributed by atoms with E-state index in [-0.39, 0.29) is 5.91 Å². The molecule has 4 rings (SSSR count). The maximum atomic E-state index is 12.4. The van der Waals surface area contributed by atoms with Gasteiger partial charge in [0.1, 0.15) is 5.75 Å². The minimum Gasteiger partial charge on any atom is -0.431 e. The topological polar surface area (TPSA) is 64.1 Å². The first-order valence-electron chi connectivity index (χ1n) is 8.18. The molecule has 0 aliphatic carbocycles. The highest BCUT2D eigenvalue weighted by Gasteiger charge is 2.09. The molecule has 1 amide bonds. The van der Waals surface area contributed by atoms with E-state index in [0.717, 1.165) is 15.8 Å². The van der Waals surface area contributed by atoms with Crippen LogP contribution >= 0.6 is 22.9 Å². The molecule has 0 fully saturated rings. The molecule has 5 nitrogen and oxygen atoms in total. The number of fused-ring (bicyclic) bond motifs is 1. The number of nitrogens with zero attached hydrogens (tertiary/aromatic N) is 2. The highest BCUT2D eigenvalue weighted by Crippen LogP contribution is 2.27. The summed E-state index contributed by atoms with van der Waals surface area (Å²) in [5.41, 5.74) is 1.46. The Bertz CT molecular complexity index is 1100. The standard InChI is InChI=1S/C20H14ClN3O2S/c21-15-4-6-16(7-5-15)26-20-24-12-17(27-20)11-23-19(25)14-3-8-18-13(10-14)2-1-9-22-18/h1-10,12H,11H2,(H,23,25). The lowest BCUT2D eigenvalue weighted by molar-refractivity contribution is 0.0951. The molecule has 27 heavy (non-hydrogen) atoms. The minimum atomic E-state index is -0.144. The van der Waals surface area contributed by atoms with E-state index in [9.17, 15) is 4.79 Å². The molecule has 0 bridgehead atoms. The fourth-order valence-corrected chi connectivity index (χ4v) is 3.35. The van der Waals surface area contributed by atoms with Gasteiger partial charge in [0.15, 0.2) is 0 Å². The number of ether oxygens (including phenoxy) is 1. The van der Waals surface area contributed by atoms with Gasteiger partial charge in [0, 0.05) is 33.2 Å². The van der Waals surface area contributed by atoms with Gasteiger partial charge in [0.05, 0.1) is 12.1 Å². The van der Waals surface area contributed by atoms with Gasteiger partial charge in [0.2, 0.25) is 0 Å². The molecule has 1 N–H and O–H groups in total.